The Morgan fingerprint density at radius 3 is 3.14 bits per heavy atom. The smallest absolute Gasteiger partial charge is 0.251 e. The third-order valence-electron chi connectivity index (χ3n) is 1.29. The highest BCUT2D eigenvalue weighted by Crippen LogP contribution is 2.08. The summed E-state index contributed by atoms with van der Waals surface area (Å²) in [6.07, 6.45) is 1.48. The van der Waals surface area contributed by atoms with Gasteiger partial charge < -0.3 is 14.8 Å². The summed E-state index contributed by atoms with van der Waals surface area (Å²) in [5.41, 5.74) is 0. The van der Waals surface area contributed by atoms with Gasteiger partial charge in [-0.15, -0.1) is 5.10 Å². The second-order valence-electron chi connectivity index (χ2n) is 2.38. The molecule has 0 spiro atoms. The van der Waals surface area contributed by atoms with Gasteiger partial charge in [0.1, 0.15) is 11.6 Å². The van der Waals surface area contributed by atoms with Crippen molar-refractivity contribution >= 4 is 22.4 Å². The predicted molar refractivity (Wildman–Crippen MR) is 51.2 cm³/mol. The van der Waals surface area contributed by atoms with E-state index < -0.39 is 0 Å². The molecule has 1 heterocycles. The van der Waals surface area contributed by atoms with Gasteiger partial charge in [-0.3, -0.25) is 4.79 Å². The number of nitrogens with zero attached hydrogens (tertiary/aromatic N) is 2. The van der Waals surface area contributed by atoms with Crippen molar-refractivity contribution in [3.05, 3.63) is 6.20 Å². The lowest BCUT2D eigenvalue weighted by molar-refractivity contribution is -0.121. The lowest BCUT2D eigenvalue weighted by atomic mass is 10.6. The minimum atomic E-state index is -0.216. The van der Waals surface area contributed by atoms with Gasteiger partial charge in [-0.2, -0.15) is 0 Å². The number of carbonyl (C=O) groups is 1. The van der Waals surface area contributed by atoms with Crippen molar-refractivity contribution in [3.8, 4) is 0 Å². The summed E-state index contributed by atoms with van der Waals surface area (Å²) in [4.78, 5) is 11.1. The molecule has 0 fully saturated rings. The molecule has 6 nitrogen and oxygen atoms in total. The summed E-state index contributed by atoms with van der Waals surface area (Å²) < 4.78 is 13.4. The lowest BCUT2D eigenvalue weighted by Gasteiger charge is -2.02. The minimum Gasteiger partial charge on any atom is -0.382 e. The first kappa shape index (κ1) is 11.0. The van der Waals surface area contributed by atoms with E-state index in [-0.39, 0.29) is 12.5 Å². The quantitative estimate of drug-likeness (QED) is 0.686. The molecule has 1 amide bonds. The Morgan fingerprint density at radius 2 is 2.50 bits per heavy atom. The van der Waals surface area contributed by atoms with Gasteiger partial charge >= 0.3 is 0 Å². The Morgan fingerprint density at radius 1 is 1.64 bits per heavy atom. The molecule has 0 atom stereocenters. The van der Waals surface area contributed by atoms with E-state index >= 15 is 0 Å². The molecule has 0 bridgehead atoms. The van der Waals surface area contributed by atoms with Crippen molar-refractivity contribution in [2.24, 2.45) is 0 Å². The van der Waals surface area contributed by atoms with Crippen LogP contribution in [0.3, 0.4) is 0 Å². The van der Waals surface area contributed by atoms with Crippen molar-refractivity contribution in [3.63, 3.8) is 0 Å². The fraction of sp³-hybridized carbons (Fsp3) is 0.571. The normalized spacial score (nSPS) is 10.1. The second-order valence-corrected chi connectivity index (χ2v) is 3.16. The van der Waals surface area contributed by atoms with Gasteiger partial charge in [-0.05, 0) is 0 Å². The van der Waals surface area contributed by atoms with Crippen LogP contribution in [0.4, 0.5) is 5.00 Å². The van der Waals surface area contributed by atoms with Gasteiger partial charge in [0.2, 0.25) is 0 Å². The van der Waals surface area contributed by atoms with E-state index in [4.69, 9.17) is 9.47 Å². The molecular weight excluding hydrogens is 206 g/mol. The molecule has 0 unspecified atom stereocenters. The van der Waals surface area contributed by atoms with E-state index in [2.05, 4.69) is 14.9 Å². The number of ether oxygens (including phenoxy) is 2. The number of amides is 1. The van der Waals surface area contributed by atoms with E-state index in [9.17, 15) is 4.79 Å². The Kier molecular flexibility index (Phi) is 5.05. The maximum atomic E-state index is 11.1. The highest BCUT2D eigenvalue weighted by atomic mass is 32.1. The third-order valence-corrected chi connectivity index (χ3v) is 1.87. The first-order valence-corrected chi connectivity index (χ1v) is 4.74. The van der Waals surface area contributed by atoms with Gasteiger partial charge in [-0.1, -0.05) is 4.49 Å². The van der Waals surface area contributed by atoms with Gasteiger partial charge in [0.25, 0.3) is 5.91 Å². The van der Waals surface area contributed by atoms with E-state index in [1.165, 1.54) is 6.20 Å². The molecule has 1 aromatic rings. The third kappa shape index (κ3) is 4.26. The summed E-state index contributed by atoms with van der Waals surface area (Å²) in [5.74, 6) is -0.216. The van der Waals surface area contributed by atoms with Gasteiger partial charge in [-0.25, -0.2) is 0 Å². The number of hydrogen-bond acceptors (Lipinski definition) is 6. The van der Waals surface area contributed by atoms with Crippen LogP contribution in [-0.2, 0) is 14.3 Å². The van der Waals surface area contributed by atoms with Crippen LogP contribution in [0.5, 0.6) is 0 Å². The molecule has 7 heteroatoms. The molecule has 0 aliphatic rings. The van der Waals surface area contributed by atoms with E-state index in [0.29, 0.717) is 18.2 Å². The molecular formula is C7H11N3O3S. The Hall–Kier alpha value is -1.05. The zero-order valence-electron chi connectivity index (χ0n) is 7.73. The second kappa shape index (κ2) is 6.41. The van der Waals surface area contributed by atoms with Crippen molar-refractivity contribution in [2.45, 2.75) is 0 Å². The van der Waals surface area contributed by atoms with Gasteiger partial charge in [0.15, 0.2) is 0 Å². The Balaban J connectivity index is 2.11. The van der Waals surface area contributed by atoms with Crippen LogP contribution in [0.15, 0.2) is 6.20 Å². The number of hydrogen-bond donors (Lipinski definition) is 1. The highest BCUT2D eigenvalue weighted by Gasteiger charge is 2.03. The maximum absolute atomic E-state index is 11.1. The topological polar surface area (TPSA) is 73.3 Å². The molecule has 0 aliphatic heterocycles. The summed E-state index contributed by atoms with van der Waals surface area (Å²) >= 11 is 1.12. The van der Waals surface area contributed by atoms with Crippen molar-refractivity contribution in [1.82, 2.24) is 9.59 Å². The Labute approximate surface area is 85.4 Å². The first-order chi connectivity index (χ1) is 6.83. The summed E-state index contributed by atoms with van der Waals surface area (Å²) in [6, 6.07) is 0. The summed E-state index contributed by atoms with van der Waals surface area (Å²) in [6.45, 7) is 0.904. The molecule has 78 valence electrons. The van der Waals surface area contributed by atoms with Crippen LogP contribution in [0.25, 0.3) is 0 Å². The van der Waals surface area contributed by atoms with Crippen molar-refractivity contribution in [2.75, 3.05) is 32.2 Å². The number of rotatable bonds is 6. The van der Waals surface area contributed by atoms with Crippen molar-refractivity contribution < 1.29 is 14.3 Å². The molecule has 0 saturated carbocycles. The van der Waals surface area contributed by atoms with E-state index in [1.54, 1.807) is 7.11 Å². The fourth-order valence-corrected chi connectivity index (χ4v) is 1.14. The van der Waals surface area contributed by atoms with E-state index in [0.717, 1.165) is 11.5 Å². The van der Waals surface area contributed by atoms with Crippen LogP contribution in [-0.4, -0.2) is 42.4 Å². The molecule has 14 heavy (non-hydrogen) atoms. The minimum absolute atomic E-state index is 0.0151. The molecule has 0 radical (unpaired) electrons. The average molecular weight is 217 g/mol. The Bertz CT molecular complexity index is 265. The number of aromatic nitrogens is 2. The van der Waals surface area contributed by atoms with Crippen LogP contribution < -0.4 is 5.32 Å². The predicted octanol–water partition coefficient (Wildman–Crippen LogP) is 0.140. The number of nitrogens with one attached hydrogen (secondary N) is 1. The molecule has 1 N–H and O–H groups in total. The summed E-state index contributed by atoms with van der Waals surface area (Å²) in [7, 11) is 1.58. The maximum Gasteiger partial charge on any atom is 0.251 e. The first-order valence-electron chi connectivity index (χ1n) is 3.97. The molecule has 0 saturated heterocycles. The number of carbonyl (C=O) groups excluding carboxylic acids is 1. The van der Waals surface area contributed by atoms with Crippen LogP contribution in [0.1, 0.15) is 0 Å². The number of methoxy groups -OCH3 is 1. The fourth-order valence-electron chi connectivity index (χ4n) is 0.703. The molecule has 1 rings (SSSR count). The molecule has 0 aliphatic carbocycles. The highest BCUT2D eigenvalue weighted by molar-refractivity contribution is 7.10. The average Bonchev–Trinajstić information content (AvgIpc) is 2.65. The van der Waals surface area contributed by atoms with E-state index in [1.807, 2.05) is 0 Å². The SMILES string of the molecule is COCCOCC(=O)Nc1cnns1. The lowest BCUT2D eigenvalue weighted by Crippen LogP contribution is -2.19. The summed E-state index contributed by atoms with van der Waals surface area (Å²) in [5, 5.41) is 6.78. The molecule has 0 aromatic carbocycles. The monoisotopic (exact) mass is 217 g/mol. The largest absolute Gasteiger partial charge is 0.382 e. The zero-order chi connectivity index (χ0) is 10.2. The van der Waals surface area contributed by atoms with Gasteiger partial charge in [0.05, 0.1) is 19.4 Å². The zero-order valence-corrected chi connectivity index (χ0v) is 8.54. The van der Waals surface area contributed by atoms with Crippen LogP contribution >= 0.6 is 11.5 Å². The molecule has 1 aromatic heterocycles. The van der Waals surface area contributed by atoms with Crippen molar-refractivity contribution in [1.29, 1.82) is 0 Å². The number of anilines is 1. The van der Waals surface area contributed by atoms with Crippen LogP contribution in [0, 0.1) is 0 Å². The van der Waals surface area contributed by atoms with Crippen LogP contribution in [0.2, 0.25) is 0 Å². The van der Waals surface area contributed by atoms with Gasteiger partial charge in [0, 0.05) is 18.6 Å². The standard InChI is InChI=1S/C7H11N3O3S/c1-12-2-3-13-5-6(11)9-7-4-8-10-14-7/h4H,2-3,5H2,1H3,(H,9,11).